The lowest BCUT2D eigenvalue weighted by atomic mass is 9.79. The highest BCUT2D eigenvalue weighted by Gasteiger charge is 2.73. The first kappa shape index (κ1) is 25.9. The molecule has 4 atom stereocenters. The zero-order chi connectivity index (χ0) is 27.5. The average molecular weight is 531 g/mol. The molecule has 1 spiro atoms. The van der Waals surface area contributed by atoms with E-state index >= 15 is 0 Å². The van der Waals surface area contributed by atoms with Crippen LogP contribution in [0.15, 0.2) is 28.2 Å². The van der Waals surface area contributed by atoms with E-state index < -0.39 is 41.6 Å². The van der Waals surface area contributed by atoms with Crippen LogP contribution in [-0.2, 0) is 10.2 Å². The van der Waals surface area contributed by atoms with Gasteiger partial charge in [0.25, 0.3) is 5.91 Å². The Balaban J connectivity index is 1.43. The summed E-state index contributed by atoms with van der Waals surface area (Å²) in [5.74, 6) is -2.74. The van der Waals surface area contributed by atoms with E-state index in [1.807, 2.05) is 6.07 Å². The number of para-hydroxylation sites is 1. The highest BCUT2D eigenvalue weighted by molar-refractivity contribution is 5.98. The molecule has 0 aromatic heterocycles. The molecular weight excluding hydrogens is 496 g/mol. The Kier molecular flexibility index (Phi) is 6.06. The molecule has 206 valence electrons. The first-order valence-electron chi connectivity index (χ1n) is 12.6. The van der Waals surface area contributed by atoms with Gasteiger partial charge in [-0.3, -0.25) is 4.79 Å². The summed E-state index contributed by atoms with van der Waals surface area (Å²) in [4.78, 5) is 35.6. The second-order valence-corrected chi connectivity index (χ2v) is 10.5. The number of benzene rings is 1. The van der Waals surface area contributed by atoms with Gasteiger partial charge in [0.15, 0.2) is 17.6 Å². The molecule has 3 unspecified atom stereocenters. The van der Waals surface area contributed by atoms with Gasteiger partial charge in [-0.05, 0) is 24.8 Å². The Morgan fingerprint density at radius 2 is 2.05 bits per heavy atom. The third-order valence-electron chi connectivity index (χ3n) is 7.80. The van der Waals surface area contributed by atoms with E-state index in [9.17, 15) is 19.8 Å². The Labute approximate surface area is 219 Å². The Bertz CT molecular complexity index is 1220. The summed E-state index contributed by atoms with van der Waals surface area (Å²) >= 11 is 0. The van der Waals surface area contributed by atoms with Crippen LogP contribution in [0.1, 0.15) is 43.1 Å². The number of nitrogens with zero attached hydrogens (tertiary/aromatic N) is 3. The average Bonchev–Trinajstić information content (AvgIpc) is 3.32. The van der Waals surface area contributed by atoms with E-state index in [-0.39, 0.29) is 37.0 Å². The van der Waals surface area contributed by atoms with Gasteiger partial charge in [-0.2, -0.15) is 0 Å². The van der Waals surface area contributed by atoms with Crippen LogP contribution in [0.4, 0.5) is 4.79 Å². The maximum Gasteiger partial charge on any atom is 0.407 e. The smallest absolute Gasteiger partial charge is 0.407 e. The molecule has 1 aromatic carbocycles. The van der Waals surface area contributed by atoms with Crippen molar-refractivity contribution >= 4 is 23.9 Å². The van der Waals surface area contributed by atoms with Crippen molar-refractivity contribution in [3.8, 4) is 5.75 Å². The number of hydrogen-bond donors (Lipinski definition) is 7. The molecule has 4 aliphatic heterocycles. The molecule has 1 fully saturated rings. The molecule has 0 saturated carbocycles. The second kappa shape index (κ2) is 8.91. The van der Waals surface area contributed by atoms with Crippen molar-refractivity contribution in [1.29, 1.82) is 0 Å². The molecule has 1 saturated heterocycles. The number of nitrogens with two attached hydrogens (primary N) is 2. The maximum absolute atomic E-state index is 13.5. The molecule has 4 heterocycles. The summed E-state index contributed by atoms with van der Waals surface area (Å²) in [7, 11) is 0. The molecule has 2 amide bonds. The van der Waals surface area contributed by atoms with Crippen LogP contribution in [0.3, 0.4) is 0 Å². The predicted molar refractivity (Wildman–Crippen MR) is 136 cm³/mol. The van der Waals surface area contributed by atoms with Crippen LogP contribution in [0.25, 0.3) is 0 Å². The molecule has 0 aliphatic carbocycles. The zero-order valence-electron chi connectivity index (χ0n) is 21.5. The van der Waals surface area contributed by atoms with Gasteiger partial charge in [-0.1, -0.05) is 26.0 Å². The molecule has 0 bridgehead atoms. The fraction of sp³-hybridized carbons (Fsp3) is 0.583. The summed E-state index contributed by atoms with van der Waals surface area (Å²) in [6.45, 7) is 6.34. The van der Waals surface area contributed by atoms with Crippen molar-refractivity contribution < 1.29 is 29.3 Å². The molecule has 38 heavy (non-hydrogen) atoms. The standard InChI is InChI=1S/C24H34N8O6/c1-4-37-21(34)27-10-14-17-23(31-19(25)30-17)24(35,36)15(11-32(23)20(26)28-14)29-18(33)12-6-5-7-13-16(12)38-9-8-22(13,2)3/h5-7,14-15,17,35-36H,4,8-11H2,1-3H3,(H2,26,28)(H,27,34)(H,29,33)(H3,25,30,31)/t14?,15-,17?,23?/m0/s1. The zero-order valence-corrected chi connectivity index (χ0v) is 21.5. The van der Waals surface area contributed by atoms with E-state index in [4.69, 9.17) is 20.9 Å². The highest BCUT2D eigenvalue weighted by Crippen LogP contribution is 2.45. The number of ether oxygens (including phenoxy) is 2. The number of carbonyl (C=O) groups is 2. The van der Waals surface area contributed by atoms with Gasteiger partial charge < -0.3 is 52.0 Å². The number of aliphatic imine (C=N–C) groups is 2. The lowest BCUT2D eigenvalue weighted by Crippen LogP contribution is -2.78. The van der Waals surface area contributed by atoms with Gasteiger partial charge in [-0.15, -0.1) is 0 Å². The molecule has 9 N–H and O–H groups in total. The highest BCUT2D eigenvalue weighted by atomic mass is 16.5. The first-order valence-corrected chi connectivity index (χ1v) is 12.6. The second-order valence-electron chi connectivity index (χ2n) is 10.5. The number of guanidine groups is 2. The Hall–Kier alpha value is -3.78. The van der Waals surface area contributed by atoms with Crippen molar-refractivity contribution in [2.24, 2.45) is 21.5 Å². The predicted octanol–water partition coefficient (Wildman–Crippen LogP) is -1.73. The minimum atomic E-state index is -2.60. The van der Waals surface area contributed by atoms with Gasteiger partial charge in [-0.25, -0.2) is 14.8 Å². The molecule has 0 radical (unpaired) electrons. The van der Waals surface area contributed by atoms with Crippen LogP contribution in [0.2, 0.25) is 0 Å². The maximum atomic E-state index is 13.5. The summed E-state index contributed by atoms with van der Waals surface area (Å²) in [6.07, 6.45) is 0.147. The van der Waals surface area contributed by atoms with Crippen molar-refractivity contribution in [2.45, 2.75) is 62.2 Å². The first-order chi connectivity index (χ1) is 17.9. The van der Waals surface area contributed by atoms with Gasteiger partial charge >= 0.3 is 6.09 Å². The number of nitrogens with one attached hydrogen (secondary N) is 3. The molecule has 14 heteroatoms. The van der Waals surface area contributed by atoms with Crippen LogP contribution in [-0.4, -0.2) is 94.9 Å². The molecule has 1 aromatic rings. The summed E-state index contributed by atoms with van der Waals surface area (Å²) in [5.41, 5.74) is 11.5. The number of carbonyl (C=O) groups excluding carboxylic acids is 2. The molecule has 14 nitrogen and oxygen atoms in total. The van der Waals surface area contributed by atoms with Crippen LogP contribution < -0.4 is 32.2 Å². The van der Waals surface area contributed by atoms with E-state index in [0.717, 1.165) is 12.0 Å². The summed E-state index contributed by atoms with van der Waals surface area (Å²) in [5, 5.41) is 31.4. The third kappa shape index (κ3) is 3.77. The summed E-state index contributed by atoms with van der Waals surface area (Å²) < 4.78 is 10.8. The van der Waals surface area contributed by atoms with E-state index in [1.165, 1.54) is 4.90 Å². The van der Waals surface area contributed by atoms with Crippen molar-refractivity contribution in [3.05, 3.63) is 29.3 Å². The number of amides is 2. The number of alkyl carbamates (subject to hydrolysis) is 1. The van der Waals surface area contributed by atoms with E-state index in [1.54, 1.807) is 19.1 Å². The largest absolute Gasteiger partial charge is 0.492 e. The number of hydrogen-bond acceptors (Lipinski definition) is 12. The lowest BCUT2D eigenvalue weighted by molar-refractivity contribution is -0.230. The monoisotopic (exact) mass is 530 g/mol. The van der Waals surface area contributed by atoms with Gasteiger partial charge in [0.1, 0.15) is 17.8 Å². The molecule has 4 aliphatic rings. The minimum absolute atomic E-state index is 0.0271. The SMILES string of the molecule is CCOC(=O)NCC1N=C(N)N2C[C@H](NC(=O)c3cccc4c3OCCC4(C)C)C(O)(O)C23NC(N)=NC13. The van der Waals surface area contributed by atoms with Gasteiger partial charge in [0, 0.05) is 18.7 Å². The minimum Gasteiger partial charge on any atom is -0.492 e. The van der Waals surface area contributed by atoms with Crippen LogP contribution in [0, 0.1) is 0 Å². The number of aliphatic hydroxyl groups is 2. The normalized spacial score (nSPS) is 29.9. The number of rotatable bonds is 5. The van der Waals surface area contributed by atoms with Crippen LogP contribution >= 0.6 is 0 Å². The van der Waals surface area contributed by atoms with Crippen LogP contribution in [0.5, 0.6) is 5.75 Å². The summed E-state index contributed by atoms with van der Waals surface area (Å²) in [6, 6.07) is 2.37. The van der Waals surface area contributed by atoms with Crippen molar-refractivity contribution in [3.63, 3.8) is 0 Å². The Morgan fingerprint density at radius 1 is 1.29 bits per heavy atom. The van der Waals surface area contributed by atoms with Gasteiger partial charge in [0.05, 0.1) is 24.8 Å². The van der Waals surface area contributed by atoms with E-state index in [0.29, 0.717) is 17.9 Å². The third-order valence-corrected chi connectivity index (χ3v) is 7.80. The molecule has 5 rings (SSSR count). The fourth-order valence-electron chi connectivity index (χ4n) is 5.81. The van der Waals surface area contributed by atoms with Crippen molar-refractivity contribution in [1.82, 2.24) is 20.9 Å². The fourth-order valence-corrected chi connectivity index (χ4v) is 5.81. The number of fused-ring (bicyclic) bond motifs is 1. The Morgan fingerprint density at radius 3 is 2.79 bits per heavy atom. The molecular formula is C24H34N8O6. The van der Waals surface area contributed by atoms with Crippen molar-refractivity contribution in [2.75, 3.05) is 26.3 Å². The van der Waals surface area contributed by atoms with Gasteiger partial charge in [0.2, 0.25) is 5.79 Å². The topological polar surface area (TPSA) is 209 Å². The lowest BCUT2D eigenvalue weighted by Gasteiger charge is -2.48. The quantitative estimate of drug-likeness (QED) is 0.214. The van der Waals surface area contributed by atoms with E-state index in [2.05, 4.69) is 39.8 Å².